The average Bonchev–Trinajstić information content (AvgIpc) is 3.18. The second-order valence-electron chi connectivity index (χ2n) is 7.34. The second kappa shape index (κ2) is 9.03. The third-order valence-electron chi connectivity index (χ3n) is 4.94. The lowest BCUT2D eigenvalue weighted by atomic mass is 10.2. The number of nitrogens with zero attached hydrogens (tertiary/aromatic N) is 3. The molecule has 1 N–H and O–H groups in total. The first-order valence-electron chi connectivity index (χ1n) is 10.1. The van der Waals surface area contributed by atoms with Gasteiger partial charge >= 0.3 is 6.18 Å². The molecule has 0 fully saturated rings. The fourth-order valence-electron chi connectivity index (χ4n) is 3.44. The van der Waals surface area contributed by atoms with E-state index in [0.717, 1.165) is 22.7 Å². The lowest BCUT2D eigenvalue weighted by Crippen LogP contribution is -2.08. The fourth-order valence-corrected chi connectivity index (χ4v) is 3.44. The van der Waals surface area contributed by atoms with Crippen LogP contribution in [0.25, 0.3) is 10.9 Å². The Balaban J connectivity index is 1.60. The molecule has 0 saturated heterocycles. The molecule has 9 heteroatoms. The number of hydrogen-bond acceptors (Lipinski definition) is 4. The van der Waals surface area contributed by atoms with E-state index < -0.39 is 17.6 Å². The summed E-state index contributed by atoms with van der Waals surface area (Å²) < 4.78 is 60.2. The van der Waals surface area contributed by atoms with E-state index in [1.807, 2.05) is 31.3 Å². The van der Waals surface area contributed by atoms with E-state index in [1.54, 1.807) is 36.0 Å². The molecule has 0 atom stereocenters. The lowest BCUT2D eigenvalue weighted by Gasteiger charge is -2.10. The molecule has 0 aliphatic rings. The first kappa shape index (κ1) is 22.5. The normalized spacial score (nSPS) is 12.4. The van der Waals surface area contributed by atoms with Gasteiger partial charge in [-0.1, -0.05) is 0 Å². The maximum absolute atomic E-state index is 13.5. The zero-order chi connectivity index (χ0) is 23.6. The number of hydrogen-bond donors (Lipinski definition) is 1. The van der Waals surface area contributed by atoms with Crippen LogP contribution >= 0.6 is 0 Å². The summed E-state index contributed by atoms with van der Waals surface area (Å²) in [5.74, 6) is 0.392. The van der Waals surface area contributed by atoms with Crippen LogP contribution in [0.4, 0.5) is 23.2 Å². The van der Waals surface area contributed by atoms with Crippen LogP contribution in [0.3, 0.4) is 0 Å². The summed E-state index contributed by atoms with van der Waals surface area (Å²) in [6, 6.07) is 13.6. The number of aromatic nitrogens is 2. The van der Waals surface area contributed by atoms with Gasteiger partial charge in [-0.25, -0.2) is 9.38 Å². The van der Waals surface area contributed by atoms with Crippen LogP contribution in [0.15, 0.2) is 72.0 Å². The zero-order valence-corrected chi connectivity index (χ0v) is 17.8. The maximum atomic E-state index is 13.5. The summed E-state index contributed by atoms with van der Waals surface area (Å²) in [5.41, 5.74) is 0.318. The van der Waals surface area contributed by atoms with Gasteiger partial charge < -0.3 is 14.6 Å². The van der Waals surface area contributed by atoms with Crippen molar-refractivity contribution in [3.63, 3.8) is 0 Å². The first-order valence-corrected chi connectivity index (χ1v) is 10.1. The topological polar surface area (TPSA) is 51.4 Å². The highest BCUT2D eigenvalue weighted by Gasteiger charge is 2.34. The summed E-state index contributed by atoms with van der Waals surface area (Å²) in [6.45, 7) is 2.29. The van der Waals surface area contributed by atoms with Crippen molar-refractivity contribution in [3.05, 3.63) is 84.1 Å². The van der Waals surface area contributed by atoms with Crippen LogP contribution in [-0.2, 0) is 12.7 Å². The number of rotatable bonds is 5. The number of aliphatic imine (C=N–C) groups is 1. The van der Waals surface area contributed by atoms with Gasteiger partial charge in [0.1, 0.15) is 23.2 Å². The number of ether oxygens (including phenoxy) is 1. The van der Waals surface area contributed by atoms with E-state index in [9.17, 15) is 17.6 Å². The molecule has 0 spiro atoms. The van der Waals surface area contributed by atoms with Crippen LogP contribution in [-0.4, -0.2) is 22.4 Å². The van der Waals surface area contributed by atoms with E-state index in [0.29, 0.717) is 29.9 Å². The maximum Gasteiger partial charge on any atom is 0.419 e. The van der Waals surface area contributed by atoms with E-state index >= 15 is 0 Å². The highest BCUT2D eigenvalue weighted by Crippen LogP contribution is 2.34. The van der Waals surface area contributed by atoms with Gasteiger partial charge in [-0.2, -0.15) is 13.2 Å². The summed E-state index contributed by atoms with van der Waals surface area (Å²) in [6.07, 6.45) is -1.35. The quantitative estimate of drug-likeness (QED) is 0.218. The monoisotopic (exact) mass is 456 g/mol. The van der Waals surface area contributed by atoms with Crippen molar-refractivity contribution in [1.82, 2.24) is 14.9 Å². The largest absolute Gasteiger partial charge is 0.457 e. The molecule has 2 aromatic heterocycles. The number of alkyl halides is 3. The molecule has 2 aromatic carbocycles. The predicted octanol–water partition coefficient (Wildman–Crippen LogP) is 6.30. The van der Waals surface area contributed by atoms with Crippen molar-refractivity contribution in [1.29, 1.82) is 0 Å². The molecule has 0 saturated carbocycles. The Labute approximate surface area is 187 Å². The SMILES string of the molecule is CNCc1cc(Oc2ccc3c(ccn3C(C)=Nc3ccc(F)c(C(F)(F)F)c3)c2)ccn1. The molecular weight excluding hydrogens is 436 g/mol. The minimum absolute atomic E-state index is 0.0121. The first-order chi connectivity index (χ1) is 15.7. The van der Waals surface area contributed by atoms with Crippen LogP contribution in [0.5, 0.6) is 11.5 Å². The molecule has 5 nitrogen and oxygen atoms in total. The molecule has 2 heterocycles. The molecule has 0 unspecified atom stereocenters. The molecule has 4 aromatic rings. The van der Waals surface area contributed by atoms with E-state index in [2.05, 4.69) is 15.3 Å². The van der Waals surface area contributed by atoms with Gasteiger partial charge in [0.15, 0.2) is 0 Å². The van der Waals surface area contributed by atoms with Crippen LogP contribution in [0.1, 0.15) is 18.2 Å². The summed E-state index contributed by atoms with van der Waals surface area (Å²) in [7, 11) is 1.84. The number of benzene rings is 2. The van der Waals surface area contributed by atoms with Gasteiger partial charge in [0.2, 0.25) is 0 Å². The van der Waals surface area contributed by atoms with Crippen LogP contribution < -0.4 is 10.1 Å². The van der Waals surface area contributed by atoms with Crippen molar-refractivity contribution in [2.24, 2.45) is 4.99 Å². The molecule has 4 rings (SSSR count). The van der Waals surface area contributed by atoms with Gasteiger partial charge in [-0.3, -0.25) is 4.98 Å². The Bertz CT molecular complexity index is 1330. The highest BCUT2D eigenvalue weighted by atomic mass is 19.4. The van der Waals surface area contributed by atoms with Crippen LogP contribution in [0.2, 0.25) is 0 Å². The standard InChI is InChI=1S/C24H20F4N4O/c1-15(31-17-3-5-22(25)21(13-17)24(26,27)28)32-10-8-16-11-19(4-6-23(16)32)33-20-7-9-30-18(12-20)14-29-2/h3-13,29H,14H2,1-2H3. The van der Waals surface area contributed by atoms with Gasteiger partial charge in [0.25, 0.3) is 0 Å². The van der Waals surface area contributed by atoms with Gasteiger partial charge in [0, 0.05) is 30.4 Å². The summed E-state index contributed by atoms with van der Waals surface area (Å²) in [5, 5.41) is 3.90. The zero-order valence-electron chi connectivity index (χ0n) is 17.8. The summed E-state index contributed by atoms with van der Waals surface area (Å²) >= 11 is 0. The number of pyridine rings is 1. The van der Waals surface area contributed by atoms with Gasteiger partial charge in [0.05, 0.1) is 22.5 Å². The second-order valence-corrected chi connectivity index (χ2v) is 7.34. The summed E-state index contributed by atoms with van der Waals surface area (Å²) in [4.78, 5) is 8.51. The van der Waals surface area contributed by atoms with Crippen molar-refractivity contribution >= 4 is 22.4 Å². The Morgan fingerprint density at radius 1 is 1.06 bits per heavy atom. The number of nitrogens with one attached hydrogen (secondary N) is 1. The number of fused-ring (bicyclic) bond motifs is 1. The van der Waals surface area contributed by atoms with Gasteiger partial charge in [-0.05, 0) is 62.5 Å². The average molecular weight is 456 g/mol. The van der Waals surface area contributed by atoms with Crippen molar-refractivity contribution in [2.75, 3.05) is 7.05 Å². The Morgan fingerprint density at radius 3 is 2.61 bits per heavy atom. The fraction of sp³-hybridized carbons (Fsp3) is 0.167. The minimum atomic E-state index is -4.79. The lowest BCUT2D eigenvalue weighted by molar-refractivity contribution is -0.139. The minimum Gasteiger partial charge on any atom is -0.457 e. The van der Waals surface area contributed by atoms with E-state index in [-0.39, 0.29) is 5.69 Å². The Hall–Kier alpha value is -3.72. The van der Waals surface area contributed by atoms with Crippen LogP contribution in [0, 0.1) is 5.82 Å². The molecule has 0 aliphatic heterocycles. The van der Waals surface area contributed by atoms with E-state index in [1.165, 1.54) is 6.07 Å². The molecule has 170 valence electrons. The third kappa shape index (κ3) is 5.04. The Morgan fingerprint density at radius 2 is 1.85 bits per heavy atom. The third-order valence-corrected chi connectivity index (χ3v) is 4.94. The molecule has 33 heavy (non-hydrogen) atoms. The van der Waals surface area contributed by atoms with Gasteiger partial charge in [-0.15, -0.1) is 0 Å². The molecule has 0 aliphatic carbocycles. The van der Waals surface area contributed by atoms with Crippen molar-refractivity contribution in [3.8, 4) is 11.5 Å². The number of halogens is 4. The molecule has 0 bridgehead atoms. The molecule has 0 amide bonds. The van der Waals surface area contributed by atoms with Crippen molar-refractivity contribution in [2.45, 2.75) is 19.6 Å². The van der Waals surface area contributed by atoms with Crippen molar-refractivity contribution < 1.29 is 22.3 Å². The highest BCUT2D eigenvalue weighted by molar-refractivity contribution is 5.95. The predicted molar refractivity (Wildman–Crippen MR) is 119 cm³/mol. The Kier molecular flexibility index (Phi) is 6.15. The smallest absolute Gasteiger partial charge is 0.419 e. The van der Waals surface area contributed by atoms with E-state index in [4.69, 9.17) is 4.74 Å². The molecule has 0 radical (unpaired) electrons. The molecular formula is C24H20F4N4O.